The van der Waals surface area contributed by atoms with Gasteiger partial charge in [0.15, 0.2) is 0 Å². The Labute approximate surface area is 88.8 Å². The number of hydrogen-bond acceptors (Lipinski definition) is 4. The fraction of sp³-hybridized carbons (Fsp3) is 0.636. The highest BCUT2D eigenvalue weighted by Crippen LogP contribution is 2.34. The number of allylic oxidation sites excluding steroid dienone is 1. The second-order valence-electron chi connectivity index (χ2n) is 4.48. The number of isocyanates is 2. The molecule has 0 radical (unpaired) electrons. The van der Waals surface area contributed by atoms with Crippen molar-refractivity contribution in [2.24, 2.45) is 15.4 Å². The molecule has 0 aliphatic heterocycles. The standard InChI is InChI=1S/C11H14N2O2/c1-11(2)4-9(6-12-7-14)3-10(5-11)13-8-15/h4,10H,3,5-6H2,1-2H3. The quantitative estimate of drug-likeness (QED) is 0.401. The third kappa shape index (κ3) is 3.62. The lowest BCUT2D eigenvalue weighted by Gasteiger charge is -2.30. The maximum atomic E-state index is 10.2. The Morgan fingerprint density at radius 1 is 1.47 bits per heavy atom. The fourth-order valence-electron chi connectivity index (χ4n) is 2.06. The Hall–Kier alpha value is -1.50. The molecule has 1 atom stereocenters. The van der Waals surface area contributed by atoms with Crippen LogP contribution >= 0.6 is 0 Å². The van der Waals surface area contributed by atoms with Crippen LogP contribution in [-0.2, 0) is 9.59 Å². The number of nitrogens with zero attached hydrogens (tertiary/aromatic N) is 2. The van der Waals surface area contributed by atoms with Gasteiger partial charge in [-0.25, -0.2) is 19.6 Å². The van der Waals surface area contributed by atoms with E-state index in [0.717, 1.165) is 12.0 Å². The molecule has 0 saturated carbocycles. The zero-order chi connectivity index (χ0) is 11.3. The first-order valence-corrected chi connectivity index (χ1v) is 4.88. The maximum absolute atomic E-state index is 10.2. The van der Waals surface area contributed by atoms with Crippen molar-refractivity contribution in [3.05, 3.63) is 11.6 Å². The minimum atomic E-state index is -0.0284. The van der Waals surface area contributed by atoms with Gasteiger partial charge in [0.25, 0.3) is 0 Å². The van der Waals surface area contributed by atoms with E-state index in [1.807, 2.05) is 0 Å². The van der Waals surface area contributed by atoms with Crippen LogP contribution in [0.4, 0.5) is 0 Å². The molecule has 1 unspecified atom stereocenters. The van der Waals surface area contributed by atoms with Crippen LogP contribution in [0, 0.1) is 5.41 Å². The lowest BCUT2D eigenvalue weighted by Crippen LogP contribution is -2.24. The van der Waals surface area contributed by atoms with E-state index in [2.05, 4.69) is 29.9 Å². The first-order chi connectivity index (χ1) is 7.07. The molecule has 0 spiro atoms. The summed E-state index contributed by atoms with van der Waals surface area (Å²) in [7, 11) is 0. The summed E-state index contributed by atoms with van der Waals surface area (Å²) in [5.74, 6) is 0. The number of aliphatic imine (C=N–C) groups is 2. The van der Waals surface area contributed by atoms with E-state index in [1.54, 1.807) is 6.08 Å². The van der Waals surface area contributed by atoms with Gasteiger partial charge in [0, 0.05) is 0 Å². The summed E-state index contributed by atoms with van der Waals surface area (Å²) in [5, 5.41) is 0. The molecule has 1 rings (SSSR count). The van der Waals surface area contributed by atoms with Crippen molar-refractivity contribution < 1.29 is 9.59 Å². The van der Waals surface area contributed by atoms with E-state index in [9.17, 15) is 9.59 Å². The van der Waals surface area contributed by atoms with Gasteiger partial charge in [0.2, 0.25) is 12.2 Å². The Morgan fingerprint density at radius 2 is 2.20 bits per heavy atom. The van der Waals surface area contributed by atoms with E-state index in [1.165, 1.54) is 6.08 Å². The molecule has 0 N–H and O–H groups in total. The topological polar surface area (TPSA) is 58.9 Å². The van der Waals surface area contributed by atoms with Gasteiger partial charge in [0.05, 0.1) is 12.6 Å². The van der Waals surface area contributed by atoms with Gasteiger partial charge in [-0.3, -0.25) is 0 Å². The molecule has 0 heterocycles. The molecule has 15 heavy (non-hydrogen) atoms. The molecule has 4 heteroatoms. The largest absolute Gasteiger partial charge is 0.235 e. The number of rotatable bonds is 3. The molecule has 0 bridgehead atoms. The first-order valence-electron chi connectivity index (χ1n) is 4.88. The smallest absolute Gasteiger partial charge is 0.211 e. The van der Waals surface area contributed by atoms with E-state index in [0.29, 0.717) is 13.0 Å². The van der Waals surface area contributed by atoms with Crippen LogP contribution in [-0.4, -0.2) is 24.7 Å². The van der Waals surface area contributed by atoms with E-state index in [-0.39, 0.29) is 11.5 Å². The van der Waals surface area contributed by atoms with E-state index >= 15 is 0 Å². The molecule has 0 saturated heterocycles. The summed E-state index contributed by atoms with van der Waals surface area (Å²) in [6.07, 6.45) is 6.72. The van der Waals surface area contributed by atoms with Gasteiger partial charge in [-0.05, 0) is 23.8 Å². The van der Waals surface area contributed by atoms with Crippen LogP contribution in [0.1, 0.15) is 26.7 Å². The van der Waals surface area contributed by atoms with Crippen LogP contribution in [0.5, 0.6) is 0 Å². The maximum Gasteiger partial charge on any atom is 0.235 e. The molecule has 1 aliphatic rings. The molecule has 0 aromatic heterocycles. The highest BCUT2D eigenvalue weighted by atomic mass is 16.1. The van der Waals surface area contributed by atoms with Gasteiger partial charge < -0.3 is 0 Å². The summed E-state index contributed by atoms with van der Waals surface area (Å²) in [6, 6.07) is -0.0284. The van der Waals surface area contributed by atoms with Crippen LogP contribution in [0.25, 0.3) is 0 Å². The predicted molar refractivity (Wildman–Crippen MR) is 56.0 cm³/mol. The second kappa shape index (κ2) is 4.83. The summed E-state index contributed by atoms with van der Waals surface area (Å²) in [5.41, 5.74) is 1.04. The van der Waals surface area contributed by atoms with Crippen molar-refractivity contribution >= 4 is 12.2 Å². The number of carbonyl (C=O) groups excluding carboxylic acids is 2. The highest BCUT2D eigenvalue weighted by Gasteiger charge is 2.27. The SMILES string of the molecule is CC1(C)C=C(CN=C=O)CC(N=C=O)C1. The fourth-order valence-corrected chi connectivity index (χ4v) is 2.06. The van der Waals surface area contributed by atoms with E-state index < -0.39 is 0 Å². The van der Waals surface area contributed by atoms with Crippen LogP contribution in [0.15, 0.2) is 21.6 Å². The zero-order valence-corrected chi connectivity index (χ0v) is 8.99. The zero-order valence-electron chi connectivity index (χ0n) is 8.99. The molecular formula is C11H14N2O2. The normalized spacial score (nSPS) is 23.3. The summed E-state index contributed by atoms with van der Waals surface area (Å²) >= 11 is 0. The van der Waals surface area contributed by atoms with Crippen molar-refractivity contribution in [2.75, 3.05) is 6.54 Å². The third-order valence-electron chi connectivity index (χ3n) is 2.44. The van der Waals surface area contributed by atoms with Crippen molar-refractivity contribution in [2.45, 2.75) is 32.7 Å². The second-order valence-corrected chi connectivity index (χ2v) is 4.48. The third-order valence-corrected chi connectivity index (χ3v) is 2.44. The van der Waals surface area contributed by atoms with Gasteiger partial charge in [0.1, 0.15) is 0 Å². The molecule has 0 fully saturated rings. The lowest BCUT2D eigenvalue weighted by molar-refractivity contribution is 0.360. The molecular weight excluding hydrogens is 192 g/mol. The minimum Gasteiger partial charge on any atom is -0.211 e. The lowest BCUT2D eigenvalue weighted by atomic mass is 9.77. The number of hydrogen-bond donors (Lipinski definition) is 0. The van der Waals surface area contributed by atoms with Gasteiger partial charge in [-0.15, -0.1) is 0 Å². The van der Waals surface area contributed by atoms with Crippen molar-refractivity contribution in [3.63, 3.8) is 0 Å². The molecule has 0 aromatic carbocycles. The summed E-state index contributed by atoms with van der Waals surface area (Å²) in [4.78, 5) is 27.5. The van der Waals surface area contributed by atoms with Gasteiger partial charge >= 0.3 is 0 Å². The molecule has 1 aliphatic carbocycles. The van der Waals surface area contributed by atoms with Gasteiger partial charge in [-0.1, -0.05) is 19.9 Å². The molecule has 4 nitrogen and oxygen atoms in total. The van der Waals surface area contributed by atoms with Crippen molar-refractivity contribution in [1.29, 1.82) is 0 Å². The Kier molecular flexibility index (Phi) is 3.73. The molecule has 80 valence electrons. The van der Waals surface area contributed by atoms with E-state index in [4.69, 9.17) is 0 Å². The van der Waals surface area contributed by atoms with Crippen molar-refractivity contribution in [3.8, 4) is 0 Å². The predicted octanol–water partition coefficient (Wildman–Crippen LogP) is 1.77. The Balaban J connectivity index is 2.82. The molecule has 0 aromatic rings. The highest BCUT2D eigenvalue weighted by molar-refractivity contribution is 5.36. The minimum absolute atomic E-state index is 0.00297. The Bertz CT molecular complexity index is 359. The van der Waals surface area contributed by atoms with Crippen molar-refractivity contribution in [1.82, 2.24) is 0 Å². The summed E-state index contributed by atoms with van der Waals surface area (Å²) < 4.78 is 0. The van der Waals surface area contributed by atoms with Crippen LogP contribution in [0.2, 0.25) is 0 Å². The average molecular weight is 206 g/mol. The molecule has 0 amide bonds. The van der Waals surface area contributed by atoms with Crippen LogP contribution < -0.4 is 0 Å². The monoisotopic (exact) mass is 206 g/mol. The first kappa shape index (κ1) is 11.6. The average Bonchev–Trinajstić information content (AvgIpc) is 2.13. The van der Waals surface area contributed by atoms with Crippen LogP contribution in [0.3, 0.4) is 0 Å². The summed E-state index contributed by atoms with van der Waals surface area (Å²) in [6.45, 7) is 4.51. The Morgan fingerprint density at radius 3 is 2.80 bits per heavy atom. The van der Waals surface area contributed by atoms with Gasteiger partial charge in [-0.2, -0.15) is 0 Å².